The van der Waals surface area contributed by atoms with Gasteiger partial charge in [0.1, 0.15) is 11.5 Å². The summed E-state index contributed by atoms with van der Waals surface area (Å²) in [4.78, 5) is 24.3. The zero-order chi connectivity index (χ0) is 22.1. The maximum Gasteiger partial charge on any atom is 0.335 e. The summed E-state index contributed by atoms with van der Waals surface area (Å²) in [6.45, 7) is 0. The van der Waals surface area contributed by atoms with E-state index in [1.165, 1.54) is 42.5 Å². The molecule has 0 radical (unpaired) electrons. The molecule has 1 aliphatic carbocycles. The zero-order valence-electron chi connectivity index (χ0n) is 16.3. The molecule has 156 valence electrons. The normalized spacial score (nSPS) is 13.0. The lowest BCUT2D eigenvalue weighted by Crippen LogP contribution is -2.19. The molecule has 5 nitrogen and oxygen atoms in total. The van der Waals surface area contributed by atoms with Gasteiger partial charge in [-0.1, -0.05) is 35.9 Å². The number of aromatic carboxylic acids is 1. The van der Waals surface area contributed by atoms with Crippen LogP contribution in [0.2, 0.25) is 5.02 Å². The standard InChI is InChI=1S/C24H18ClFN2O3/c25-18-5-1-3-16(13-7-8-13)20(18)23(29)21(27)17-4-2-6-19(26)22(17)28-15-11-9-14(10-12-15)24(30)31/h1-6,9-13,27-28H,7-8H2,(H,30,31). The molecule has 4 rings (SSSR count). The van der Waals surface area contributed by atoms with E-state index in [1.54, 1.807) is 12.1 Å². The van der Waals surface area contributed by atoms with Gasteiger partial charge in [0.25, 0.3) is 0 Å². The van der Waals surface area contributed by atoms with Crippen LogP contribution in [0.25, 0.3) is 0 Å². The van der Waals surface area contributed by atoms with Crippen LogP contribution in [0.15, 0.2) is 60.7 Å². The number of rotatable bonds is 7. The van der Waals surface area contributed by atoms with Crippen LogP contribution < -0.4 is 5.32 Å². The highest BCUT2D eigenvalue weighted by atomic mass is 35.5. The molecular weight excluding hydrogens is 419 g/mol. The fourth-order valence-corrected chi connectivity index (χ4v) is 3.73. The Labute approximate surface area is 183 Å². The van der Waals surface area contributed by atoms with Crippen LogP contribution >= 0.6 is 11.6 Å². The molecule has 3 aromatic carbocycles. The summed E-state index contributed by atoms with van der Waals surface area (Å²) >= 11 is 6.31. The van der Waals surface area contributed by atoms with Crippen LogP contribution in [0.3, 0.4) is 0 Å². The van der Waals surface area contributed by atoms with E-state index < -0.39 is 17.6 Å². The summed E-state index contributed by atoms with van der Waals surface area (Å²) in [5, 5.41) is 20.7. The van der Waals surface area contributed by atoms with E-state index in [0.717, 1.165) is 18.4 Å². The van der Waals surface area contributed by atoms with E-state index in [4.69, 9.17) is 22.1 Å². The Balaban J connectivity index is 1.69. The Morgan fingerprint density at radius 1 is 1.03 bits per heavy atom. The maximum atomic E-state index is 14.7. The molecule has 0 bridgehead atoms. The molecule has 0 heterocycles. The Kier molecular flexibility index (Phi) is 5.57. The van der Waals surface area contributed by atoms with E-state index in [2.05, 4.69) is 5.32 Å². The van der Waals surface area contributed by atoms with Crippen molar-refractivity contribution in [2.75, 3.05) is 5.32 Å². The summed E-state index contributed by atoms with van der Waals surface area (Å²) in [7, 11) is 0. The molecule has 0 aromatic heterocycles. The molecular formula is C24H18ClFN2O3. The number of carbonyl (C=O) groups is 2. The Morgan fingerprint density at radius 2 is 1.71 bits per heavy atom. The van der Waals surface area contributed by atoms with Gasteiger partial charge in [-0.05, 0) is 60.7 Å². The highest BCUT2D eigenvalue weighted by Crippen LogP contribution is 2.43. The predicted octanol–water partition coefficient (Wildman–Crippen LogP) is 6.05. The third kappa shape index (κ3) is 4.20. The number of anilines is 2. The first kappa shape index (κ1) is 20.8. The van der Waals surface area contributed by atoms with Crippen LogP contribution in [0.1, 0.15) is 50.6 Å². The van der Waals surface area contributed by atoms with Gasteiger partial charge in [-0.2, -0.15) is 0 Å². The second kappa shape index (κ2) is 8.32. The van der Waals surface area contributed by atoms with E-state index in [0.29, 0.717) is 5.69 Å². The lowest BCUT2D eigenvalue weighted by atomic mass is 9.93. The number of nitrogens with one attached hydrogen (secondary N) is 2. The summed E-state index contributed by atoms with van der Waals surface area (Å²) in [6.07, 6.45) is 1.93. The fraction of sp³-hybridized carbons (Fsp3) is 0.125. The van der Waals surface area contributed by atoms with Gasteiger partial charge in [0, 0.05) is 16.8 Å². The average molecular weight is 437 g/mol. The molecule has 31 heavy (non-hydrogen) atoms. The van der Waals surface area contributed by atoms with Gasteiger partial charge in [0.05, 0.1) is 16.3 Å². The quantitative estimate of drug-likeness (QED) is 0.310. The number of carbonyl (C=O) groups excluding carboxylic acids is 1. The van der Waals surface area contributed by atoms with Crippen LogP contribution in [0.5, 0.6) is 0 Å². The van der Waals surface area contributed by atoms with Gasteiger partial charge in [-0.25, -0.2) is 9.18 Å². The molecule has 0 atom stereocenters. The molecule has 0 unspecified atom stereocenters. The number of ketones is 1. The SMILES string of the molecule is N=C(C(=O)c1c(Cl)cccc1C1CC1)c1cccc(F)c1Nc1ccc(C(=O)O)cc1. The van der Waals surface area contributed by atoms with Crippen molar-refractivity contribution < 1.29 is 19.1 Å². The number of Topliss-reactive ketones (excluding diaryl/α,β-unsaturated/α-hetero) is 1. The maximum absolute atomic E-state index is 14.7. The van der Waals surface area contributed by atoms with Crippen molar-refractivity contribution in [3.63, 3.8) is 0 Å². The average Bonchev–Trinajstić information content (AvgIpc) is 3.60. The van der Waals surface area contributed by atoms with E-state index in [9.17, 15) is 14.0 Å². The minimum Gasteiger partial charge on any atom is -0.478 e. The van der Waals surface area contributed by atoms with Crippen molar-refractivity contribution >= 4 is 40.4 Å². The number of carboxylic acid groups (broad SMARTS) is 1. The second-order valence-corrected chi connectivity index (χ2v) is 7.76. The number of benzene rings is 3. The van der Waals surface area contributed by atoms with Crippen LogP contribution in [0, 0.1) is 11.2 Å². The first-order valence-electron chi connectivity index (χ1n) is 9.67. The van der Waals surface area contributed by atoms with Crippen LogP contribution in [-0.2, 0) is 0 Å². The first-order chi connectivity index (χ1) is 14.9. The van der Waals surface area contributed by atoms with Crippen molar-refractivity contribution in [1.82, 2.24) is 0 Å². The van der Waals surface area contributed by atoms with Crippen molar-refractivity contribution in [3.05, 3.63) is 93.8 Å². The van der Waals surface area contributed by atoms with E-state index in [1.807, 2.05) is 6.07 Å². The predicted molar refractivity (Wildman–Crippen MR) is 118 cm³/mol. The monoisotopic (exact) mass is 436 g/mol. The molecule has 3 aromatic rings. The number of hydrogen-bond acceptors (Lipinski definition) is 4. The Morgan fingerprint density at radius 3 is 2.35 bits per heavy atom. The minimum absolute atomic E-state index is 0.0380. The number of halogens is 2. The van der Waals surface area contributed by atoms with Crippen molar-refractivity contribution in [1.29, 1.82) is 5.41 Å². The topological polar surface area (TPSA) is 90.3 Å². The van der Waals surface area contributed by atoms with Crippen molar-refractivity contribution in [3.8, 4) is 0 Å². The van der Waals surface area contributed by atoms with Gasteiger partial charge in [-0.3, -0.25) is 10.2 Å². The Bertz CT molecular complexity index is 1200. The van der Waals surface area contributed by atoms with Gasteiger partial charge in [0.15, 0.2) is 0 Å². The highest BCUT2D eigenvalue weighted by Gasteiger charge is 2.31. The minimum atomic E-state index is -1.07. The number of carboxylic acids is 1. The van der Waals surface area contributed by atoms with Gasteiger partial charge in [-0.15, -0.1) is 0 Å². The van der Waals surface area contributed by atoms with Crippen molar-refractivity contribution in [2.24, 2.45) is 0 Å². The van der Waals surface area contributed by atoms with Gasteiger partial charge < -0.3 is 10.4 Å². The molecule has 0 aliphatic heterocycles. The van der Waals surface area contributed by atoms with Gasteiger partial charge in [0.2, 0.25) is 5.78 Å². The Hall–Kier alpha value is -3.51. The second-order valence-electron chi connectivity index (χ2n) is 7.35. The highest BCUT2D eigenvalue weighted by molar-refractivity contribution is 6.53. The lowest BCUT2D eigenvalue weighted by Gasteiger charge is -2.15. The summed E-state index contributed by atoms with van der Waals surface area (Å²) in [6, 6.07) is 15.1. The van der Waals surface area contributed by atoms with Gasteiger partial charge >= 0.3 is 5.97 Å². The summed E-state index contributed by atoms with van der Waals surface area (Å²) < 4.78 is 14.7. The third-order valence-corrected chi connectivity index (χ3v) is 5.52. The number of para-hydroxylation sites is 1. The van der Waals surface area contributed by atoms with E-state index in [-0.39, 0.29) is 39.0 Å². The molecule has 1 saturated carbocycles. The number of hydrogen-bond donors (Lipinski definition) is 3. The van der Waals surface area contributed by atoms with Crippen molar-refractivity contribution in [2.45, 2.75) is 18.8 Å². The fourth-order valence-electron chi connectivity index (χ4n) is 3.46. The first-order valence-corrected chi connectivity index (χ1v) is 10.1. The largest absolute Gasteiger partial charge is 0.478 e. The molecule has 7 heteroatoms. The molecule has 1 aliphatic rings. The van der Waals surface area contributed by atoms with E-state index >= 15 is 0 Å². The molecule has 0 amide bonds. The molecule has 3 N–H and O–H groups in total. The van der Waals surface area contributed by atoms with Crippen LogP contribution in [-0.4, -0.2) is 22.6 Å². The summed E-state index contributed by atoms with van der Waals surface area (Å²) in [5.74, 6) is -2.03. The lowest BCUT2D eigenvalue weighted by molar-refractivity contribution is 0.0696. The summed E-state index contributed by atoms with van der Waals surface area (Å²) in [5.41, 5.74) is 1.30. The molecule has 1 fully saturated rings. The molecule has 0 spiro atoms. The van der Waals surface area contributed by atoms with Crippen LogP contribution in [0.4, 0.5) is 15.8 Å². The third-order valence-electron chi connectivity index (χ3n) is 5.20. The molecule has 0 saturated heterocycles. The smallest absolute Gasteiger partial charge is 0.335 e. The zero-order valence-corrected chi connectivity index (χ0v) is 17.0.